The molecule has 2 N–H and O–H groups in total. The Hall–Kier alpha value is -0.350. The van der Waals surface area contributed by atoms with Crippen molar-refractivity contribution < 1.29 is 0 Å². The highest BCUT2D eigenvalue weighted by Crippen LogP contribution is 2.27. The number of nitrogens with zero attached hydrogens (tertiary/aromatic N) is 2. The van der Waals surface area contributed by atoms with E-state index in [9.17, 15) is 0 Å². The number of rotatable bonds is 1. The summed E-state index contributed by atoms with van der Waals surface area (Å²) >= 11 is 3.40. The van der Waals surface area contributed by atoms with Crippen molar-refractivity contribution in [2.24, 2.45) is 5.73 Å². The highest BCUT2D eigenvalue weighted by molar-refractivity contribution is 9.10. The van der Waals surface area contributed by atoms with Crippen LogP contribution in [0.5, 0.6) is 0 Å². The van der Waals surface area contributed by atoms with E-state index in [0.717, 1.165) is 10.9 Å². The fourth-order valence-corrected chi connectivity index (χ4v) is 2.26. The molecule has 4 heteroatoms. The van der Waals surface area contributed by atoms with Crippen LogP contribution in [-0.2, 0) is 0 Å². The first-order valence-electron chi connectivity index (χ1n) is 4.71. The Balaban J connectivity index is 2.08. The minimum absolute atomic E-state index is 0.363. The zero-order chi connectivity index (χ0) is 9.26. The Morgan fingerprint density at radius 2 is 2.38 bits per heavy atom. The fourth-order valence-electron chi connectivity index (χ4n) is 1.96. The third kappa shape index (κ3) is 2.11. The monoisotopic (exact) mass is 243 g/mol. The van der Waals surface area contributed by atoms with Crippen LogP contribution < -0.4 is 5.73 Å². The van der Waals surface area contributed by atoms with Crippen molar-refractivity contribution >= 4 is 15.9 Å². The summed E-state index contributed by atoms with van der Waals surface area (Å²) in [7, 11) is 0. The minimum atomic E-state index is 0.363. The number of nitrogens with two attached hydrogens (primary N) is 1. The number of halogens is 1. The summed E-state index contributed by atoms with van der Waals surface area (Å²) in [6.07, 6.45) is 8.53. The summed E-state index contributed by atoms with van der Waals surface area (Å²) in [5, 5.41) is 4.29. The molecule has 1 aliphatic carbocycles. The Morgan fingerprint density at radius 1 is 1.54 bits per heavy atom. The van der Waals surface area contributed by atoms with E-state index in [1.165, 1.54) is 19.3 Å². The molecule has 0 aromatic carbocycles. The molecule has 0 unspecified atom stereocenters. The van der Waals surface area contributed by atoms with Crippen molar-refractivity contribution in [2.45, 2.75) is 37.8 Å². The van der Waals surface area contributed by atoms with E-state index >= 15 is 0 Å². The lowest BCUT2D eigenvalue weighted by atomic mass is 9.92. The van der Waals surface area contributed by atoms with Gasteiger partial charge in [-0.1, -0.05) is 0 Å². The smallest absolute Gasteiger partial charge is 0.0632 e. The van der Waals surface area contributed by atoms with Crippen molar-refractivity contribution in [3.8, 4) is 0 Å². The first-order chi connectivity index (χ1) is 6.25. The third-order valence-electron chi connectivity index (χ3n) is 2.63. The van der Waals surface area contributed by atoms with Gasteiger partial charge in [0.15, 0.2) is 0 Å². The second-order valence-electron chi connectivity index (χ2n) is 3.72. The third-order valence-corrected chi connectivity index (χ3v) is 3.04. The molecule has 1 aliphatic rings. The first kappa shape index (κ1) is 9.21. The van der Waals surface area contributed by atoms with Gasteiger partial charge in [-0.2, -0.15) is 5.10 Å². The quantitative estimate of drug-likeness (QED) is 0.821. The lowest BCUT2D eigenvalue weighted by molar-refractivity contribution is 0.300. The number of aromatic nitrogens is 2. The van der Waals surface area contributed by atoms with Gasteiger partial charge in [0.2, 0.25) is 0 Å². The number of hydrogen-bond acceptors (Lipinski definition) is 2. The molecule has 0 spiro atoms. The second-order valence-corrected chi connectivity index (χ2v) is 4.63. The van der Waals surface area contributed by atoms with Crippen molar-refractivity contribution in [1.82, 2.24) is 9.78 Å². The zero-order valence-electron chi connectivity index (χ0n) is 7.49. The molecule has 0 aliphatic heterocycles. The van der Waals surface area contributed by atoms with E-state index in [1.807, 2.05) is 17.1 Å². The van der Waals surface area contributed by atoms with Crippen LogP contribution in [0.15, 0.2) is 16.9 Å². The largest absolute Gasteiger partial charge is 0.328 e. The van der Waals surface area contributed by atoms with Gasteiger partial charge in [-0.3, -0.25) is 4.68 Å². The van der Waals surface area contributed by atoms with Gasteiger partial charge in [0, 0.05) is 12.2 Å². The molecule has 0 amide bonds. The number of hydrogen-bond donors (Lipinski definition) is 1. The topological polar surface area (TPSA) is 43.8 Å². The highest BCUT2D eigenvalue weighted by Gasteiger charge is 2.20. The van der Waals surface area contributed by atoms with Gasteiger partial charge in [-0.05, 0) is 41.6 Å². The Bertz CT molecular complexity index is 284. The van der Waals surface area contributed by atoms with Gasteiger partial charge in [-0.15, -0.1) is 0 Å². The Kier molecular flexibility index (Phi) is 2.69. The van der Waals surface area contributed by atoms with Crippen molar-refractivity contribution in [2.75, 3.05) is 0 Å². The summed E-state index contributed by atoms with van der Waals surface area (Å²) in [5.41, 5.74) is 5.92. The van der Waals surface area contributed by atoms with Crippen LogP contribution in [-0.4, -0.2) is 15.8 Å². The van der Waals surface area contributed by atoms with Crippen LogP contribution in [0.2, 0.25) is 0 Å². The van der Waals surface area contributed by atoms with Crippen LogP contribution in [0.25, 0.3) is 0 Å². The normalized spacial score (nSPS) is 29.1. The minimum Gasteiger partial charge on any atom is -0.328 e. The molecule has 1 saturated carbocycles. The zero-order valence-corrected chi connectivity index (χ0v) is 9.07. The molecule has 1 heterocycles. The molecule has 0 bridgehead atoms. The molecule has 2 atom stereocenters. The maximum atomic E-state index is 5.92. The summed E-state index contributed by atoms with van der Waals surface area (Å²) in [6.45, 7) is 0. The SMILES string of the molecule is N[C@@H]1CCC[C@H](n2cc(Br)cn2)C1. The van der Waals surface area contributed by atoms with E-state index < -0.39 is 0 Å². The predicted molar refractivity (Wildman–Crippen MR) is 55.4 cm³/mol. The van der Waals surface area contributed by atoms with Crippen LogP contribution in [0.1, 0.15) is 31.7 Å². The van der Waals surface area contributed by atoms with Gasteiger partial charge < -0.3 is 5.73 Å². The van der Waals surface area contributed by atoms with E-state index in [2.05, 4.69) is 21.0 Å². The van der Waals surface area contributed by atoms with Gasteiger partial charge in [0.25, 0.3) is 0 Å². The summed E-state index contributed by atoms with van der Waals surface area (Å²) < 4.78 is 3.08. The molecule has 1 aromatic rings. The second kappa shape index (κ2) is 3.80. The summed E-state index contributed by atoms with van der Waals surface area (Å²) in [6, 6.07) is 0.872. The Labute approximate surface area is 86.4 Å². The molecule has 3 nitrogen and oxygen atoms in total. The predicted octanol–water partition coefficient (Wildman–Crippen LogP) is 2.09. The van der Waals surface area contributed by atoms with Crippen molar-refractivity contribution in [3.05, 3.63) is 16.9 Å². The van der Waals surface area contributed by atoms with Crippen LogP contribution in [0.4, 0.5) is 0 Å². The molecule has 2 rings (SSSR count). The van der Waals surface area contributed by atoms with Crippen molar-refractivity contribution in [3.63, 3.8) is 0 Å². The first-order valence-corrected chi connectivity index (χ1v) is 5.50. The van der Waals surface area contributed by atoms with Crippen LogP contribution in [0, 0.1) is 0 Å². The molecular weight excluding hydrogens is 230 g/mol. The fraction of sp³-hybridized carbons (Fsp3) is 0.667. The average Bonchev–Trinajstić information content (AvgIpc) is 2.52. The van der Waals surface area contributed by atoms with E-state index in [0.29, 0.717) is 12.1 Å². The van der Waals surface area contributed by atoms with Crippen molar-refractivity contribution in [1.29, 1.82) is 0 Å². The lowest BCUT2D eigenvalue weighted by Gasteiger charge is -2.26. The summed E-state index contributed by atoms with van der Waals surface area (Å²) in [4.78, 5) is 0. The van der Waals surface area contributed by atoms with Gasteiger partial charge in [0.05, 0.1) is 16.7 Å². The molecular formula is C9H14BrN3. The lowest BCUT2D eigenvalue weighted by Crippen LogP contribution is -2.29. The Morgan fingerprint density at radius 3 is 3.00 bits per heavy atom. The van der Waals surface area contributed by atoms with Gasteiger partial charge in [-0.25, -0.2) is 0 Å². The molecule has 0 saturated heterocycles. The molecule has 0 radical (unpaired) electrons. The van der Waals surface area contributed by atoms with Gasteiger partial charge >= 0.3 is 0 Å². The van der Waals surface area contributed by atoms with Crippen LogP contribution in [0.3, 0.4) is 0 Å². The van der Waals surface area contributed by atoms with Gasteiger partial charge in [0.1, 0.15) is 0 Å². The van der Waals surface area contributed by atoms with E-state index in [1.54, 1.807) is 0 Å². The molecule has 1 fully saturated rings. The molecule has 13 heavy (non-hydrogen) atoms. The average molecular weight is 244 g/mol. The summed E-state index contributed by atoms with van der Waals surface area (Å²) in [5.74, 6) is 0. The van der Waals surface area contributed by atoms with Crippen LogP contribution >= 0.6 is 15.9 Å². The van der Waals surface area contributed by atoms with E-state index in [4.69, 9.17) is 5.73 Å². The molecule has 72 valence electrons. The maximum Gasteiger partial charge on any atom is 0.0632 e. The molecule has 1 aromatic heterocycles. The standard InChI is InChI=1S/C9H14BrN3/c10-7-5-12-13(6-7)9-3-1-2-8(11)4-9/h5-6,8-9H,1-4,11H2/t8-,9+/m1/s1. The highest BCUT2D eigenvalue weighted by atomic mass is 79.9. The van der Waals surface area contributed by atoms with E-state index in [-0.39, 0.29) is 0 Å². The maximum absolute atomic E-state index is 5.92.